The predicted molar refractivity (Wildman–Crippen MR) is 39.3 cm³/mol. The third-order valence-electron chi connectivity index (χ3n) is 0.856. The van der Waals surface area contributed by atoms with E-state index in [1.54, 1.807) is 6.92 Å². The van der Waals surface area contributed by atoms with E-state index in [9.17, 15) is 9.59 Å². The van der Waals surface area contributed by atoms with Crippen molar-refractivity contribution in [2.24, 2.45) is 0 Å². The van der Waals surface area contributed by atoms with E-state index >= 15 is 0 Å². The summed E-state index contributed by atoms with van der Waals surface area (Å²) in [6, 6.07) is 0. The maximum Gasteiger partial charge on any atom is 0.511 e. The molecule has 0 aliphatic rings. The fourth-order valence-corrected chi connectivity index (χ4v) is 0.545. The van der Waals surface area contributed by atoms with Crippen LogP contribution >= 0.6 is 0 Å². The molecule has 0 aliphatic heterocycles. The average molecular weight is 176 g/mol. The maximum atomic E-state index is 10.6. The predicted octanol–water partition coefficient (Wildman–Crippen LogP) is 1.07. The summed E-state index contributed by atoms with van der Waals surface area (Å²) in [7, 11) is 0. The van der Waals surface area contributed by atoms with Crippen LogP contribution in [0.25, 0.3) is 0 Å². The van der Waals surface area contributed by atoms with Crippen LogP contribution in [-0.4, -0.2) is 25.0 Å². The molecule has 0 aliphatic carbocycles. The van der Waals surface area contributed by atoms with Crippen LogP contribution in [0.5, 0.6) is 0 Å². The Labute approximate surface area is 70.6 Å². The second-order valence-corrected chi connectivity index (χ2v) is 1.98. The molecule has 0 aromatic heterocycles. The number of rotatable bonds is 3. The Morgan fingerprint density at radius 2 is 1.92 bits per heavy atom. The van der Waals surface area contributed by atoms with Crippen molar-refractivity contribution in [1.82, 2.24) is 0 Å². The molecule has 0 radical (unpaired) electrons. The Kier molecular flexibility index (Phi) is 4.83. The fourth-order valence-electron chi connectivity index (χ4n) is 0.545. The quantitative estimate of drug-likeness (QED) is 0.475. The first-order chi connectivity index (χ1) is 5.56. The van der Waals surface area contributed by atoms with Crippen LogP contribution in [0, 0.1) is 0 Å². The van der Waals surface area contributed by atoms with Gasteiger partial charge >= 0.3 is 12.1 Å². The summed E-state index contributed by atoms with van der Waals surface area (Å²) < 4.78 is 13.4. The zero-order valence-corrected chi connectivity index (χ0v) is 7.33. The number of carbonyl (C=O) groups is 2. The topological polar surface area (TPSA) is 61.8 Å². The molecule has 5 nitrogen and oxygen atoms in total. The van der Waals surface area contributed by atoms with Crippen molar-refractivity contribution in [3.63, 3.8) is 0 Å². The van der Waals surface area contributed by atoms with Crippen molar-refractivity contribution >= 4 is 12.1 Å². The molecule has 0 saturated heterocycles. The minimum absolute atomic E-state index is 0.228. The van der Waals surface area contributed by atoms with Crippen molar-refractivity contribution in [3.05, 3.63) is 0 Å². The van der Waals surface area contributed by atoms with Crippen molar-refractivity contribution in [2.45, 2.75) is 27.1 Å². The van der Waals surface area contributed by atoms with Crippen LogP contribution in [0.1, 0.15) is 20.8 Å². The number of ether oxygens (including phenoxy) is 3. The van der Waals surface area contributed by atoms with Gasteiger partial charge in [-0.1, -0.05) is 0 Å². The highest BCUT2D eigenvalue weighted by molar-refractivity contribution is 5.66. The second-order valence-electron chi connectivity index (χ2n) is 1.98. The molecule has 0 aromatic rings. The van der Waals surface area contributed by atoms with Gasteiger partial charge in [-0.3, -0.25) is 4.79 Å². The summed E-state index contributed by atoms with van der Waals surface area (Å²) in [6.45, 7) is 4.53. The number of esters is 1. The standard InChI is InChI=1S/C7H12O5/c1-4-10-7(9)12-6(3)11-5(2)8/h6H,4H2,1-3H3/t6-/m1/s1. The van der Waals surface area contributed by atoms with E-state index in [0.29, 0.717) is 0 Å². The van der Waals surface area contributed by atoms with Gasteiger partial charge in [-0.2, -0.15) is 0 Å². The summed E-state index contributed by atoms with van der Waals surface area (Å²) >= 11 is 0. The molecule has 0 fully saturated rings. The van der Waals surface area contributed by atoms with Crippen LogP contribution in [0.3, 0.4) is 0 Å². The van der Waals surface area contributed by atoms with E-state index in [-0.39, 0.29) is 6.61 Å². The van der Waals surface area contributed by atoms with Crippen molar-refractivity contribution in [1.29, 1.82) is 0 Å². The van der Waals surface area contributed by atoms with E-state index in [4.69, 9.17) is 0 Å². The molecule has 0 amide bonds. The molecule has 0 N–H and O–H groups in total. The minimum Gasteiger partial charge on any atom is -0.435 e. The lowest BCUT2D eigenvalue weighted by Crippen LogP contribution is -2.20. The molecule has 1 atom stereocenters. The highest BCUT2D eigenvalue weighted by atomic mass is 16.8. The Bertz CT molecular complexity index is 165. The lowest BCUT2D eigenvalue weighted by molar-refractivity contribution is -0.165. The van der Waals surface area contributed by atoms with E-state index in [1.807, 2.05) is 0 Å². The highest BCUT2D eigenvalue weighted by Crippen LogP contribution is 1.96. The Balaban J connectivity index is 3.61. The number of hydrogen-bond donors (Lipinski definition) is 0. The molecule has 0 aromatic carbocycles. The van der Waals surface area contributed by atoms with Crippen LogP contribution in [0.2, 0.25) is 0 Å². The lowest BCUT2D eigenvalue weighted by Gasteiger charge is -2.11. The molecule has 0 rings (SSSR count). The van der Waals surface area contributed by atoms with Crippen LogP contribution < -0.4 is 0 Å². The molecule has 0 heterocycles. The van der Waals surface area contributed by atoms with Crippen molar-refractivity contribution in [2.75, 3.05) is 6.61 Å². The summed E-state index contributed by atoms with van der Waals surface area (Å²) in [4.78, 5) is 20.9. The first kappa shape index (κ1) is 10.7. The largest absolute Gasteiger partial charge is 0.511 e. The van der Waals surface area contributed by atoms with Gasteiger partial charge in [-0.05, 0) is 6.92 Å². The number of carbonyl (C=O) groups excluding carboxylic acids is 2. The SMILES string of the molecule is CCOC(=O)O[C@H](C)OC(C)=O. The molecular weight excluding hydrogens is 164 g/mol. The summed E-state index contributed by atoms with van der Waals surface area (Å²) in [5, 5.41) is 0. The van der Waals surface area contributed by atoms with Gasteiger partial charge in [-0.25, -0.2) is 4.79 Å². The fraction of sp³-hybridized carbons (Fsp3) is 0.714. The van der Waals surface area contributed by atoms with Crippen molar-refractivity contribution in [3.8, 4) is 0 Å². The van der Waals surface area contributed by atoms with E-state index in [1.165, 1.54) is 13.8 Å². The normalized spacial score (nSPS) is 11.6. The molecule has 0 saturated carbocycles. The first-order valence-electron chi connectivity index (χ1n) is 3.57. The monoisotopic (exact) mass is 176 g/mol. The minimum atomic E-state index is -0.901. The third kappa shape index (κ3) is 5.52. The van der Waals surface area contributed by atoms with Crippen molar-refractivity contribution < 1.29 is 23.8 Å². The average Bonchev–Trinajstić information content (AvgIpc) is 1.84. The van der Waals surface area contributed by atoms with E-state index < -0.39 is 18.4 Å². The summed E-state index contributed by atoms with van der Waals surface area (Å²) in [6.07, 6.45) is -1.74. The Morgan fingerprint density at radius 3 is 2.33 bits per heavy atom. The maximum absolute atomic E-state index is 10.6. The first-order valence-corrected chi connectivity index (χ1v) is 3.57. The Hall–Kier alpha value is -1.26. The number of hydrogen-bond acceptors (Lipinski definition) is 5. The van der Waals surface area contributed by atoms with Gasteiger partial charge in [0, 0.05) is 13.8 Å². The van der Waals surface area contributed by atoms with Gasteiger partial charge in [0.1, 0.15) is 0 Å². The smallest absolute Gasteiger partial charge is 0.435 e. The molecule has 0 bridgehead atoms. The van der Waals surface area contributed by atoms with Gasteiger partial charge in [0.15, 0.2) is 0 Å². The van der Waals surface area contributed by atoms with Crippen LogP contribution in [-0.2, 0) is 19.0 Å². The van der Waals surface area contributed by atoms with Gasteiger partial charge < -0.3 is 14.2 Å². The van der Waals surface area contributed by atoms with Gasteiger partial charge in [0.05, 0.1) is 6.61 Å². The van der Waals surface area contributed by atoms with Gasteiger partial charge in [0.25, 0.3) is 0 Å². The zero-order chi connectivity index (χ0) is 9.56. The molecule has 12 heavy (non-hydrogen) atoms. The van der Waals surface area contributed by atoms with Gasteiger partial charge in [0.2, 0.25) is 6.29 Å². The molecule has 5 heteroatoms. The molecule has 70 valence electrons. The second kappa shape index (κ2) is 5.40. The molecule has 0 unspecified atom stereocenters. The zero-order valence-electron chi connectivity index (χ0n) is 7.33. The molecule has 0 spiro atoms. The lowest BCUT2D eigenvalue weighted by atomic mass is 10.7. The highest BCUT2D eigenvalue weighted by Gasteiger charge is 2.11. The van der Waals surface area contributed by atoms with E-state index in [0.717, 1.165) is 0 Å². The van der Waals surface area contributed by atoms with Crippen LogP contribution in [0.15, 0.2) is 0 Å². The summed E-state index contributed by atoms with van der Waals surface area (Å²) in [5.74, 6) is -0.508. The van der Waals surface area contributed by atoms with E-state index in [2.05, 4.69) is 14.2 Å². The van der Waals surface area contributed by atoms with Gasteiger partial charge in [-0.15, -0.1) is 0 Å². The summed E-state index contributed by atoms with van der Waals surface area (Å²) in [5.41, 5.74) is 0. The molecular formula is C7H12O5. The third-order valence-corrected chi connectivity index (χ3v) is 0.856. The van der Waals surface area contributed by atoms with Crippen LogP contribution in [0.4, 0.5) is 4.79 Å². The Morgan fingerprint density at radius 1 is 1.33 bits per heavy atom.